The molecule has 13 heteroatoms. The number of morpholine rings is 2. The van der Waals surface area contributed by atoms with Crippen LogP contribution in [0.3, 0.4) is 0 Å². The summed E-state index contributed by atoms with van der Waals surface area (Å²) in [7, 11) is 0. The summed E-state index contributed by atoms with van der Waals surface area (Å²) in [6, 6.07) is 8.97. The summed E-state index contributed by atoms with van der Waals surface area (Å²) in [5, 5.41) is 6.70. The fourth-order valence-corrected chi connectivity index (χ4v) is 7.78. The molecule has 1 aromatic heterocycles. The molecule has 0 bridgehead atoms. The predicted octanol–water partition coefficient (Wildman–Crippen LogP) is 2.11. The molecule has 1 aromatic carbocycles. The van der Waals surface area contributed by atoms with E-state index in [1.54, 1.807) is 19.1 Å². The van der Waals surface area contributed by atoms with E-state index in [4.69, 9.17) is 19.2 Å². The lowest BCUT2D eigenvalue weighted by Gasteiger charge is -2.56. The number of pyridine rings is 1. The topological polar surface area (TPSA) is 112 Å². The van der Waals surface area contributed by atoms with Gasteiger partial charge in [-0.25, -0.2) is 9.37 Å². The van der Waals surface area contributed by atoms with E-state index in [9.17, 15) is 14.0 Å². The number of rotatable bonds is 9. The number of anilines is 1. The number of fused-ring (bicyclic) bond motifs is 1. The largest absolute Gasteiger partial charge is 0.472 e. The second-order valence-electron chi connectivity index (χ2n) is 14.2. The zero-order valence-electron chi connectivity index (χ0n) is 29.5. The first kappa shape index (κ1) is 35.6. The standard InChI is InChI=1S/C36H52FN7O5/c1-24-19-43(31(18-39-24)20-42-25(2)21-48-22-26(42)3)36(5)23-49-35-32(44(36)27(4)45)17-29(16-28-6-8-30(37)9-7-28)33(40-35)34(46)38-10-11-41-12-14-47-15-13-41/h6-9,17,24-26,31,39H,10-16,18-23H2,1-5H3,(H,38,46)/t24?,25-,26-,31?,36?/m1/s1. The smallest absolute Gasteiger partial charge is 0.270 e. The maximum absolute atomic E-state index is 13.8. The molecule has 3 saturated heterocycles. The van der Waals surface area contributed by atoms with Gasteiger partial charge in [0.1, 0.15) is 29.5 Å². The number of ether oxygens (including phenoxy) is 3. The fraction of sp³-hybridized carbons (Fsp3) is 0.639. The minimum Gasteiger partial charge on any atom is -0.472 e. The Bertz CT molecular complexity index is 1460. The molecule has 0 radical (unpaired) electrons. The molecule has 12 nitrogen and oxygen atoms in total. The highest BCUT2D eigenvalue weighted by Crippen LogP contribution is 2.41. The highest BCUT2D eigenvalue weighted by atomic mass is 19.1. The van der Waals surface area contributed by atoms with Gasteiger partial charge in [0.15, 0.2) is 0 Å². The van der Waals surface area contributed by atoms with Crippen LogP contribution in [0.25, 0.3) is 0 Å². The van der Waals surface area contributed by atoms with Crippen molar-refractivity contribution < 1.29 is 28.2 Å². The van der Waals surface area contributed by atoms with E-state index >= 15 is 0 Å². The number of carbonyl (C=O) groups excluding carboxylic acids is 2. The van der Waals surface area contributed by atoms with Crippen LogP contribution in [0.2, 0.25) is 0 Å². The number of hydrogen-bond acceptors (Lipinski definition) is 10. The number of nitrogens with zero attached hydrogens (tertiary/aromatic N) is 5. The van der Waals surface area contributed by atoms with Crippen molar-refractivity contribution in [3.05, 3.63) is 53.0 Å². The van der Waals surface area contributed by atoms with Crippen LogP contribution in [0.15, 0.2) is 30.3 Å². The molecular formula is C36H52FN7O5. The van der Waals surface area contributed by atoms with Gasteiger partial charge in [-0.2, -0.15) is 0 Å². The number of hydrogen-bond donors (Lipinski definition) is 2. The van der Waals surface area contributed by atoms with Crippen LogP contribution in [0.4, 0.5) is 10.1 Å². The molecule has 2 amide bonds. The fourth-order valence-electron chi connectivity index (χ4n) is 7.78. The average molecular weight is 682 g/mol. The maximum Gasteiger partial charge on any atom is 0.270 e. The quantitative estimate of drug-likeness (QED) is 0.409. The van der Waals surface area contributed by atoms with Gasteiger partial charge < -0.3 is 24.8 Å². The van der Waals surface area contributed by atoms with Crippen LogP contribution in [0, 0.1) is 5.82 Å². The van der Waals surface area contributed by atoms with Crippen LogP contribution in [-0.4, -0.2) is 140 Å². The van der Waals surface area contributed by atoms with Gasteiger partial charge in [0.05, 0.1) is 26.4 Å². The van der Waals surface area contributed by atoms with Crippen LogP contribution in [-0.2, 0) is 20.7 Å². The summed E-state index contributed by atoms with van der Waals surface area (Å²) in [6.07, 6.45) is 0.329. The zero-order chi connectivity index (χ0) is 34.7. The van der Waals surface area contributed by atoms with Crippen molar-refractivity contribution in [2.45, 2.75) is 70.9 Å². The van der Waals surface area contributed by atoms with Gasteiger partial charge in [-0.05, 0) is 63.4 Å². The molecular weight excluding hydrogens is 629 g/mol. The van der Waals surface area contributed by atoms with Gasteiger partial charge in [0.2, 0.25) is 11.8 Å². The third-order valence-electron chi connectivity index (χ3n) is 10.4. The van der Waals surface area contributed by atoms with Crippen molar-refractivity contribution in [2.24, 2.45) is 0 Å². The number of nitrogens with one attached hydrogen (secondary N) is 2. The monoisotopic (exact) mass is 681 g/mol. The van der Waals surface area contributed by atoms with Gasteiger partial charge in [-0.3, -0.25) is 29.2 Å². The number of carbonyl (C=O) groups is 2. The van der Waals surface area contributed by atoms with E-state index in [1.807, 2.05) is 11.0 Å². The molecule has 0 spiro atoms. The lowest BCUT2D eigenvalue weighted by molar-refractivity contribution is -0.123. The number of piperazine rings is 1. The lowest BCUT2D eigenvalue weighted by Crippen LogP contribution is -2.74. The molecule has 2 N–H and O–H groups in total. The minimum absolute atomic E-state index is 0.0966. The molecule has 5 atom stereocenters. The number of amides is 2. The molecule has 2 aromatic rings. The van der Waals surface area contributed by atoms with Crippen LogP contribution >= 0.6 is 0 Å². The number of aromatic nitrogens is 1. The van der Waals surface area contributed by atoms with E-state index in [2.05, 4.69) is 53.0 Å². The first-order chi connectivity index (χ1) is 23.5. The van der Waals surface area contributed by atoms with Crippen molar-refractivity contribution >= 4 is 17.5 Å². The molecule has 268 valence electrons. The summed E-state index contributed by atoms with van der Waals surface area (Å²) in [4.78, 5) is 41.2. The van der Waals surface area contributed by atoms with Gasteiger partial charge in [-0.15, -0.1) is 0 Å². The molecule has 6 rings (SSSR count). The Kier molecular flexibility index (Phi) is 11.2. The Morgan fingerprint density at radius 2 is 1.80 bits per heavy atom. The molecule has 4 aliphatic heterocycles. The molecule has 49 heavy (non-hydrogen) atoms. The summed E-state index contributed by atoms with van der Waals surface area (Å²) in [6.45, 7) is 18.3. The summed E-state index contributed by atoms with van der Waals surface area (Å²) >= 11 is 0. The lowest BCUT2D eigenvalue weighted by atomic mass is 9.96. The number of halogens is 1. The van der Waals surface area contributed by atoms with Crippen molar-refractivity contribution in [3.63, 3.8) is 0 Å². The van der Waals surface area contributed by atoms with E-state index in [-0.39, 0.29) is 60.0 Å². The van der Waals surface area contributed by atoms with Gasteiger partial charge >= 0.3 is 0 Å². The Hall–Kier alpha value is -3.20. The molecule has 3 fully saturated rings. The predicted molar refractivity (Wildman–Crippen MR) is 185 cm³/mol. The van der Waals surface area contributed by atoms with E-state index in [0.29, 0.717) is 57.2 Å². The third-order valence-corrected chi connectivity index (χ3v) is 10.4. The van der Waals surface area contributed by atoms with Crippen LogP contribution in [0.1, 0.15) is 56.2 Å². The second-order valence-corrected chi connectivity index (χ2v) is 14.2. The normalized spacial score (nSPS) is 28.5. The second kappa shape index (κ2) is 15.4. The van der Waals surface area contributed by atoms with Crippen molar-refractivity contribution in [2.75, 3.05) is 83.7 Å². The van der Waals surface area contributed by atoms with Crippen LogP contribution < -0.4 is 20.3 Å². The summed E-state index contributed by atoms with van der Waals surface area (Å²) < 4.78 is 31.5. The molecule has 3 unspecified atom stereocenters. The van der Waals surface area contributed by atoms with E-state index in [0.717, 1.165) is 38.3 Å². The third kappa shape index (κ3) is 7.92. The molecule has 4 aliphatic rings. The van der Waals surface area contributed by atoms with E-state index < -0.39 is 5.66 Å². The van der Waals surface area contributed by atoms with Crippen molar-refractivity contribution in [1.82, 2.24) is 30.3 Å². The molecule has 0 aliphatic carbocycles. The first-order valence-corrected chi connectivity index (χ1v) is 17.7. The van der Waals surface area contributed by atoms with Crippen molar-refractivity contribution in [3.8, 4) is 5.88 Å². The molecule has 0 saturated carbocycles. The maximum atomic E-state index is 13.8. The Morgan fingerprint density at radius 3 is 2.49 bits per heavy atom. The SMILES string of the molecule is CC(=O)N1c2cc(Cc3ccc(F)cc3)c(C(=O)NCCN3CCOCC3)nc2OCC1(C)N1CC(C)NCC1CN1[C@H](C)COC[C@H]1C. The van der Waals surface area contributed by atoms with Gasteiger partial charge in [0, 0.05) is 76.9 Å². The Morgan fingerprint density at radius 1 is 1.08 bits per heavy atom. The minimum atomic E-state index is -0.824. The van der Waals surface area contributed by atoms with Gasteiger partial charge in [0.25, 0.3) is 5.91 Å². The molecule has 5 heterocycles. The first-order valence-electron chi connectivity index (χ1n) is 17.7. The van der Waals surface area contributed by atoms with Crippen molar-refractivity contribution in [1.29, 1.82) is 0 Å². The van der Waals surface area contributed by atoms with E-state index in [1.165, 1.54) is 12.1 Å². The summed E-state index contributed by atoms with van der Waals surface area (Å²) in [5.41, 5.74) is 1.40. The van der Waals surface area contributed by atoms with Gasteiger partial charge in [-0.1, -0.05) is 12.1 Å². The Labute approximate surface area is 289 Å². The number of benzene rings is 1. The van der Waals surface area contributed by atoms with Crippen LogP contribution in [0.5, 0.6) is 5.88 Å². The Balaban J connectivity index is 1.32. The highest BCUT2D eigenvalue weighted by molar-refractivity contribution is 5.98. The highest BCUT2D eigenvalue weighted by Gasteiger charge is 2.50. The average Bonchev–Trinajstić information content (AvgIpc) is 3.08. The summed E-state index contributed by atoms with van der Waals surface area (Å²) in [5.74, 6) is -0.531. The zero-order valence-corrected chi connectivity index (χ0v) is 29.5.